The molecule has 0 aliphatic rings. The average molecular weight is 283 g/mol. The maximum atomic E-state index is 6.05. The highest BCUT2D eigenvalue weighted by Gasteiger charge is 2.21. The maximum Gasteiger partial charge on any atom is 0.131 e. The molecule has 0 aliphatic carbocycles. The predicted octanol–water partition coefficient (Wildman–Crippen LogP) is 4.00. The minimum Gasteiger partial charge on any atom is -0.487 e. The summed E-state index contributed by atoms with van der Waals surface area (Å²) in [7, 11) is 0. The Labute approximate surface area is 119 Å². The smallest absolute Gasteiger partial charge is 0.131 e. The van der Waals surface area contributed by atoms with Gasteiger partial charge in [0.1, 0.15) is 16.3 Å². The van der Waals surface area contributed by atoms with Crippen molar-refractivity contribution in [1.29, 1.82) is 0 Å². The molecule has 0 saturated heterocycles. The van der Waals surface area contributed by atoms with Crippen molar-refractivity contribution in [1.82, 2.24) is 0 Å². The second kappa shape index (κ2) is 6.43. The van der Waals surface area contributed by atoms with Crippen LogP contribution in [0.25, 0.3) is 0 Å². The molecule has 0 heterocycles. The van der Waals surface area contributed by atoms with Crippen LogP contribution in [0.3, 0.4) is 0 Å². The fourth-order valence-corrected chi connectivity index (χ4v) is 2.60. The molecule has 0 amide bonds. The van der Waals surface area contributed by atoms with Gasteiger partial charge in [-0.25, -0.2) is 0 Å². The number of hydrogen-bond acceptors (Lipinski definition) is 3. The normalized spacial score (nSPS) is 11.3. The molecule has 1 rings (SSSR count). The van der Waals surface area contributed by atoms with Gasteiger partial charge in [0.25, 0.3) is 0 Å². The van der Waals surface area contributed by atoms with E-state index in [2.05, 4.69) is 27.7 Å². The summed E-state index contributed by atoms with van der Waals surface area (Å²) >= 11 is 6.89. The summed E-state index contributed by atoms with van der Waals surface area (Å²) in [6.07, 6.45) is 0.926. The maximum absolute atomic E-state index is 6.05. The van der Waals surface area contributed by atoms with E-state index in [-0.39, 0.29) is 5.60 Å². The Balaban J connectivity index is 3.18. The SMILES string of the molecule is CCSc1cccc(OC(C)(C)CC)c1C(N)=S. The van der Waals surface area contributed by atoms with Gasteiger partial charge in [-0.1, -0.05) is 32.1 Å². The Morgan fingerprint density at radius 1 is 1.39 bits per heavy atom. The van der Waals surface area contributed by atoms with Crippen molar-refractivity contribution in [3.8, 4) is 5.75 Å². The second-order valence-electron chi connectivity index (χ2n) is 4.64. The minimum absolute atomic E-state index is 0.213. The van der Waals surface area contributed by atoms with Crippen LogP contribution >= 0.6 is 24.0 Å². The number of thioether (sulfide) groups is 1. The quantitative estimate of drug-likeness (QED) is 0.632. The van der Waals surface area contributed by atoms with Crippen molar-refractivity contribution in [2.45, 2.75) is 44.6 Å². The summed E-state index contributed by atoms with van der Waals surface area (Å²) < 4.78 is 6.05. The van der Waals surface area contributed by atoms with Crippen molar-refractivity contribution < 1.29 is 4.74 Å². The zero-order chi connectivity index (χ0) is 13.8. The van der Waals surface area contributed by atoms with Crippen LogP contribution in [0.4, 0.5) is 0 Å². The highest BCUT2D eigenvalue weighted by atomic mass is 32.2. The van der Waals surface area contributed by atoms with Gasteiger partial charge in [-0.3, -0.25) is 0 Å². The third-order valence-corrected chi connectivity index (χ3v) is 3.92. The van der Waals surface area contributed by atoms with Gasteiger partial charge in [0.05, 0.1) is 5.56 Å². The summed E-state index contributed by atoms with van der Waals surface area (Å²) in [5.41, 5.74) is 6.49. The molecule has 0 unspecified atom stereocenters. The third kappa shape index (κ3) is 3.89. The van der Waals surface area contributed by atoms with E-state index in [4.69, 9.17) is 22.7 Å². The molecule has 0 spiro atoms. The number of rotatable bonds is 6. The number of benzene rings is 1. The van der Waals surface area contributed by atoms with Crippen LogP contribution in [0, 0.1) is 0 Å². The molecule has 0 aromatic heterocycles. The molecule has 1 aromatic carbocycles. The molecular formula is C14H21NOS2. The van der Waals surface area contributed by atoms with E-state index in [9.17, 15) is 0 Å². The van der Waals surface area contributed by atoms with Crippen molar-refractivity contribution >= 4 is 29.0 Å². The first-order valence-electron chi connectivity index (χ1n) is 6.16. The Bertz CT molecular complexity index is 430. The summed E-state index contributed by atoms with van der Waals surface area (Å²) in [5, 5.41) is 0. The van der Waals surface area contributed by atoms with E-state index in [1.807, 2.05) is 18.2 Å². The molecule has 0 fully saturated rings. The van der Waals surface area contributed by atoms with E-state index >= 15 is 0 Å². The van der Waals surface area contributed by atoms with E-state index in [1.54, 1.807) is 11.8 Å². The first kappa shape index (κ1) is 15.3. The van der Waals surface area contributed by atoms with Gasteiger partial charge in [0.15, 0.2) is 0 Å². The van der Waals surface area contributed by atoms with Gasteiger partial charge in [0, 0.05) is 4.90 Å². The Morgan fingerprint density at radius 3 is 2.56 bits per heavy atom. The molecule has 2 nitrogen and oxygen atoms in total. The van der Waals surface area contributed by atoms with Crippen LogP contribution in [0.1, 0.15) is 39.7 Å². The molecular weight excluding hydrogens is 262 g/mol. The van der Waals surface area contributed by atoms with Gasteiger partial charge in [-0.05, 0) is 38.2 Å². The van der Waals surface area contributed by atoms with Crippen LogP contribution in [0.2, 0.25) is 0 Å². The molecule has 18 heavy (non-hydrogen) atoms. The van der Waals surface area contributed by atoms with Gasteiger partial charge < -0.3 is 10.5 Å². The standard InChI is InChI=1S/C14H21NOS2/c1-5-14(3,4)16-10-8-7-9-11(18-6-2)12(10)13(15)17/h7-9H,5-6H2,1-4H3,(H2,15,17). The summed E-state index contributed by atoms with van der Waals surface area (Å²) in [5.74, 6) is 1.77. The van der Waals surface area contributed by atoms with Crippen molar-refractivity contribution in [2.75, 3.05) is 5.75 Å². The van der Waals surface area contributed by atoms with E-state index in [1.165, 1.54) is 0 Å². The van der Waals surface area contributed by atoms with Gasteiger partial charge in [-0.2, -0.15) is 0 Å². The topological polar surface area (TPSA) is 35.2 Å². The first-order chi connectivity index (χ1) is 8.41. The van der Waals surface area contributed by atoms with Crippen LogP contribution < -0.4 is 10.5 Å². The van der Waals surface area contributed by atoms with Crippen molar-refractivity contribution in [3.05, 3.63) is 23.8 Å². The highest BCUT2D eigenvalue weighted by molar-refractivity contribution is 7.99. The lowest BCUT2D eigenvalue weighted by molar-refractivity contribution is 0.105. The molecule has 0 saturated carbocycles. The first-order valence-corrected chi connectivity index (χ1v) is 7.55. The lowest BCUT2D eigenvalue weighted by atomic mass is 10.1. The number of thiocarbonyl (C=S) groups is 1. The molecule has 0 atom stereocenters. The van der Waals surface area contributed by atoms with Gasteiger partial charge >= 0.3 is 0 Å². The number of nitrogens with two attached hydrogens (primary N) is 1. The fraction of sp³-hybridized carbons (Fsp3) is 0.500. The zero-order valence-electron chi connectivity index (χ0n) is 11.4. The zero-order valence-corrected chi connectivity index (χ0v) is 13.1. The Morgan fingerprint density at radius 2 is 2.06 bits per heavy atom. The van der Waals surface area contributed by atoms with E-state index in [0.717, 1.165) is 28.4 Å². The third-order valence-electron chi connectivity index (χ3n) is 2.77. The van der Waals surface area contributed by atoms with Crippen LogP contribution in [-0.4, -0.2) is 16.3 Å². The predicted molar refractivity (Wildman–Crippen MR) is 83.7 cm³/mol. The van der Waals surface area contributed by atoms with Gasteiger partial charge in [0.2, 0.25) is 0 Å². The Hall–Kier alpha value is -0.740. The molecule has 0 aliphatic heterocycles. The van der Waals surface area contributed by atoms with Crippen LogP contribution in [0.15, 0.2) is 23.1 Å². The number of hydrogen-bond donors (Lipinski definition) is 1. The molecule has 0 radical (unpaired) electrons. The summed E-state index contributed by atoms with van der Waals surface area (Å²) in [6.45, 7) is 8.34. The highest BCUT2D eigenvalue weighted by Crippen LogP contribution is 2.32. The fourth-order valence-electron chi connectivity index (χ4n) is 1.48. The lowest BCUT2D eigenvalue weighted by Crippen LogP contribution is -2.28. The van der Waals surface area contributed by atoms with Crippen LogP contribution in [0.5, 0.6) is 5.75 Å². The van der Waals surface area contributed by atoms with E-state index in [0.29, 0.717) is 4.99 Å². The summed E-state index contributed by atoms with van der Waals surface area (Å²) in [4.78, 5) is 1.49. The molecule has 100 valence electrons. The molecule has 2 N–H and O–H groups in total. The lowest BCUT2D eigenvalue weighted by Gasteiger charge is -2.27. The van der Waals surface area contributed by atoms with E-state index < -0.39 is 0 Å². The van der Waals surface area contributed by atoms with Crippen molar-refractivity contribution in [2.24, 2.45) is 5.73 Å². The van der Waals surface area contributed by atoms with Crippen LogP contribution in [-0.2, 0) is 0 Å². The molecule has 1 aromatic rings. The van der Waals surface area contributed by atoms with Crippen molar-refractivity contribution in [3.63, 3.8) is 0 Å². The largest absolute Gasteiger partial charge is 0.487 e. The monoisotopic (exact) mass is 283 g/mol. The van der Waals surface area contributed by atoms with Gasteiger partial charge in [-0.15, -0.1) is 11.8 Å². The second-order valence-corrected chi connectivity index (χ2v) is 6.39. The molecule has 4 heteroatoms. The summed E-state index contributed by atoms with van der Waals surface area (Å²) in [6, 6.07) is 5.96. The Kier molecular flexibility index (Phi) is 5.47. The average Bonchev–Trinajstić information content (AvgIpc) is 2.28. The number of ether oxygens (including phenoxy) is 1. The minimum atomic E-state index is -0.213. The molecule has 0 bridgehead atoms.